The SMILES string of the molecule is O=C1C[C@H](Cc2ccc(Cl)cc2)C(=O)N1c1ccc(Cl)cn1. The van der Waals surface area contributed by atoms with E-state index in [1.807, 2.05) is 12.1 Å². The summed E-state index contributed by atoms with van der Waals surface area (Å²) >= 11 is 11.6. The van der Waals surface area contributed by atoms with Gasteiger partial charge in [-0.1, -0.05) is 35.3 Å². The second kappa shape index (κ2) is 6.07. The predicted molar refractivity (Wildman–Crippen MR) is 85.0 cm³/mol. The number of carbonyl (C=O) groups excluding carboxylic acids is 2. The van der Waals surface area contributed by atoms with Gasteiger partial charge in [-0.25, -0.2) is 9.88 Å². The molecule has 1 aromatic heterocycles. The molecule has 4 nitrogen and oxygen atoms in total. The van der Waals surface area contributed by atoms with Crippen LogP contribution in [0.5, 0.6) is 0 Å². The molecule has 1 aliphatic rings. The average molecular weight is 335 g/mol. The molecule has 0 saturated carbocycles. The summed E-state index contributed by atoms with van der Waals surface area (Å²) in [4.78, 5) is 29.8. The van der Waals surface area contributed by atoms with Crippen molar-refractivity contribution >= 4 is 40.8 Å². The first-order valence-corrected chi connectivity index (χ1v) is 7.53. The lowest BCUT2D eigenvalue weighted by Crippen LogP contribution is -2.31. The summed E-state index contributed by atoms with van der Waals surface area (Å²) < 4.78 is 0. The van der Waals surface area contributed by atoms with Gasteiger partial charge in [-0.15, -0.1) is 0 Å². The molecule has 3 rings (SSSR count). The highest BCUT2D eigenvalue weighted by atomic mass is 35.5. The van der Waals surface area contributed by atoms with Crippen LogP contribution in [0.15, 0.2) is 42.6 Å². The Labute approximate surface area is 137 Å². The number of amides is 2. The minimum Gasteiger partial charge on any atom is -0.274 e. The topological polar surface area (TPSA) is 50.3 Å². The molecular formula is C16H12Cl2N2O2. The Hall–Kier alpha value is -1.91. The molecule has 1 aromatic carbocycles. The summed E-state index contributed by atoms with van der Waals surface area (Å²) in [5.41, 5.74) is 0.974. The first kappa shape index (κ1) is 15.0. The molecule has 6 heteroatoms. The Morgan fingerprint density at radius 2 is 1.73 bits per heavy atom. The van der Waals surface area contributed by atoms with Gasteiger partial charge in [0.05, 0.1) is 10.9 Å². The first-order chi connectivity index (χ1) is 10.5. The van der Waals surface area contributed by atoms with Crippen molar-refractivity contribution in [3.05, 3.63) is 58.2 Å². The molecule has 1 fully saturated rings. The molecule has 0 aliphatic carbocycles. The van der Waals surface area contributed by atoms with Crippen molar-refractivity contribution in [2.75, 3.05) is 4.90 Å². The van der Waals surface area contributed by atoms with Crippen LogP contribution >= 0.6 is 23.2 Å². The lowest BCUT2D eigenvalue weighted by Gasteiger charge is -2.14. The second-order valence-corrected chi connectivity index (χ2v) is 6.01. The lowest BCUT2D eigenvalue weighted by molar-refractivity contribution is -0.122. The molecule has 0 N–H and O–H groups in total. The van der Waals surface area contributed by atoms with E-state index in [4.69, 9.17) is 23.2 Å². The molecule has 1 aliphatic heterocycles. The van der Waals surface area contributed by atoms with Crippen LogP contribution < -0.4 is 4.90 Å². The number of hydrogen-bond donors (Lipinski definition) is 0. The maximum atomic E-state index is 12.5. The number of aromatic nitrogens is 1. The molecule has 2 heterocycles. The minimum absolute atomic E-state index is 0.186. The quantitative estimate of drug-likeness (QED) is 0.807. The average Bonchev–Trinajstić information content (AvgIpc) is 2.77. The normalized spacial score (nSPS) is 18.1. The number of benzene rings is 1. The van der Waals surface area contributed by atoms with Gasteiger partial charge in [0.1, 0.15) is 5.82 Å². The van der Waals surface area contributed by atoms with Gasteiger partial charge < -0.3 is 0 Å². The van der Waals surface area contributed by atoms with Gasteiger partial charge in [-0.05, 0) is 36.2 Å². The number of anilines is 1. The zero-order valence-electron chi connectivity index (χ0n) is 11.5. The van der Waals surface area contributed by atoms with Crippen LogP contribution in [0.1, 0.15) is 12.0 Å². The monoisotopic (exact) mass is 334 g/mol. The van der Waals surface area contributed by atoms with E-state index in [1.165, 1.54) is 6.20 Å². The summed E-state index contributed by atoms with van der Waals surface area (Å²) in [6.07, 6.45) is 2.11. The zero-order valence-corrected chi connectivity index (χ0v) is 13.0. The third kappa shape index (κ3) is 2.98. The van der Waals surface area contributed by atoms with Gasteiger partial charge in [-0.2, -0.15) is 0 Å². The van der Waals surface area contributed by atoms with Crippen LogP contribution in [0.25, 0.3) is 0 Å². The first-order valence-electron chi connectivity index (χ1n) is 6.77. The molecule has 1 atom stereocenters. The minimum atomic E-state index is -0.369. The molecule has 0 spiro atoms. The van der Waals surface area contributed by atoms with Crippen molar-refractivity contribution in [3.63, 3.8) is 0 Å². The summed E-state index contributed by atoms with van der Waals surface area (Å²) in [6, 6.07) is 10.5. The van der Waals surface area contributed by atoms with Crippen LogP contribution in [-0.2, 0) is 16.0 Å². The van der Waals surface area contributed by atoms with Crippen molar-refractivity contribution in [1.29, 1.82) is 0 Å². The van der Waals surface area contributed by atoms with Crippen molar-refractivity contribution in [3.8, 4) is 0 Å². The molecule has 112 valence electrons. The maximum absolute atomic E-state index is 12.5. The Kier molecular flexibility index (Phi) is 4.14. The van der Waals surface area contributed by atoms with Crippen LogP contribution in [0.4, 0.5) is 5.82 Å². The lowest BCUT2D eigenvalue weighted by atomic mass is 9.98. The molecule has 1 saturated heterocycles. The number of pyridine rings is 1. The fourth-order valence-electron chi connectivity index (χ4n) is 2.50. The van der Waals surface area contributed by atoms with E-state index < -0.39 is 0 Å². The Bertz CT molecular complexity index is 714. The smallest absolute Gasteiger partial charge is 0.238 e. The number of carbonyl (C=O) groups is 2. The molecule has 0 radical (unpaired) electrons. The third-order valence-corrected chi connectivity index (χ3v) is 4.05. The number of rotatable bonds is 3. The standard InChI is InChI=1S/C16H12Cl2N2O2/c17-12-3-1-10(2-4-12)7-11-8-15(21)20(16(11)22)14-6-5-13(18)9-19-14/h1-6,9,11H,7-8H2/t11-/m0/s1. The van der Waals surface area contributed by atoms with Gasteiger partial charge in [-0.3, -0.25) is 9.59 Å². The van der Waals surface area contributed by atoms with Crippen molar-refractivity contribution < 1.29 is 9.59 Å². The van der Waals surface area contributed by atoms with Crippen LogP contribution in [0, 0.1) is 5.92 Å². The van der Waals surface area contributed by atoms with Gasteiger partial charge >= 0.3 is 0 Å². The zero-order chi connectivity index (χ0) is 15.7. The number of hydrogen-bond acceptors (Lipinski definition) is 3. The maximum Gasteiger partial charge on any atom is 0.238 e. The molecule has 0 unspecified atom stereocenters. The van der Waals surface area contributed by atoms with Gasteiger partial charge in [0.2, 0.25) is 11.8 Å². The van der Waals surface area contributed by atoms with Gasteiger partial charge in [0, 0.05) is 17.6 Å². The van der Waals surface area contributed by atoms with E-state index >= 15 is 0 Å². The highest BCUT2D eigenvalue weighted by Gasteiger charge is 2.39. The number of imide groups is 1. The van der Waals surface area contributed by atoms with Crippen molar-refractivity contribution in [1.82, 2.24) is 4.98 Å². The van der Waals surface area contributed by atoms with Crippen LogP contribution in [-0.4, -0.2) is 16.8 Å². The third-order valence-electron chi connectivity index (χ3n) is 3.58. The fourth-order valence-corrected chi connectivity index (χ4v) is 2.74. The van der Waals surface area contributed by atoms with Crippen molar-refractivity contribution in [2.45, 2.75) is 12.8 Å². The Morgan fingerprint density at radius 1 is 1.05 bits per heavy atom. The van der Waals surface area contributed by atoms with Crippen LogP contribution in [0.3, 0.4) is 0 Å². The second-order valence-electron chi connectivity index (χ2n) is 5.13. The molecule has 2 amide bonds. The summed E-state index contributed by atoms with van der Waals surface area (Å²) in [5, 5.41) is 1.10. The Balaban J connectivity index is 1.79. The summed E-state index contributed by atoms with van der Waals surface area (Å²) in [6.45, 7) is 0. The van der Waals surface area contributed by atoms with E-state index in [2.05, 4.69) is 4.98 Å². The van der Waals surface area contributed by atoms with Crippen molar-refractivity contribution in [2.24, 2.45) is 5.92 Å². The number of halogens is 2. The van der Waals surface area contributed by atoms with Crippen LogP contribution in [0.2, 0.25) is 10.0 Å². The molecule has 22 heavy (non-hydrogen) atoms. The van der Waals surface area contributed by atoms with E-state index in [-0.39, 0.29) is 24.2 Å². The predicted octanol–water partition coefficient (Wildman–Crippen LogP) is 3.51. The Morgan fingerprint density at radius 3 is 2.36 bits per heavy atom. The van der Waals surface area contributed by atoms with Gasteiger partial charge in [0.15, 0.2) is 0 Å². The molecule has 2 aromatic rings. The number of nitrogens with zero attached hydrogens (tertiary/aromatic N) is 2. The fraction of sp³-hybridized carbons (Fsp3) is 0.188. The highest BCUT2D eigenvalue weighted by Crippen LogP contribution is 2.28. The van der Waals surface area contributed by atoms with Gasteiger partial charge in [0.25, 0.3) is 0 Å². The molecular weight excluding hydrogens is 323 g/mol. The largest absolute Gasteiger partial charge is 0.274 e. The van der Waals surface area contributed by atoms with E-state index in [0.717, 1.165) is 10.5 Å². The van der Waals surface area contributed by atoms with E-state index in [1.54, 1.807) is 24.3 Å². The van der Waals surface area contributed by atoms with E-state index in [9.17, 15) is 9.59 Å². The van der Waals surface area contributed by atoms with E-state index in [0.29, 0.717) is 22.3 Å². The molecule has 0 bridgehead atoms. The summed E-state index contributed by atoms with van der Waals surface area (Å²) in [5.74, 6) is -0.516. The summed E-state index contributed by atoms with van der Waals surface area (Å²) in [7, 11) is 0. The highest BCUT2D eigenvalue weighted by molar-refractivity contribution is 6.30.